The second kappa shape index (κ2) is 6.02. The largest absolute Gasteiger partial charge is 0.341 e. The Morgan fingerprint density at radius 3 is 2.55 bits per heavy atom. The van der Waals surface area contributed by atoms with Gasteiger partial charge in [-0.1, -0.05) is 12.8 Å². The Balaban J connectivity index is 1.55. The Bertz CT molecular complexity index is 338. The molecule has 3 atom stereocenters. The molecule has 4 nitrogen and oxygen atoms in total. The average Bonchev–Trinajstić information content (AvgIpc) is 2.90. The fourth-order valence-electron chi connectivity index (χ4n) is 4.32. The quantitative estimate of drug-likeness (QED) is 0.831. The van der Waals surface area contributed by atoms with Gasteiger partial charge in [0, 0.05) is 19.1 Å². The lowest BCUT2D eigenvalue weighted by Gasteiger charge is -2.36. The number of piperidine rings is 1. The van der Waals surface area contributed by atoms with Crippen molar-refractivity contribution in [3.05, 3.63) is 0 Å². The Morgan fingerprint density at radius 2 is 1.85 bits per heavy atom. The number of carbonyl (C=O) groups is 1. The minimum Gasteiger partial charge on any atom is -0.341 e. The number of amides is 1. The highest BCUT2D eigenvalue weighted by atomic mass is 16.2. The third-order valence-corrected chi connectivity index (χ3v) is 5.74. The lowest BCUT2D eigenvalue weighted by molar-refractivity contribution is -0.134. The predicted molar refractivity (Wildman–Crippen MR) is 80.6 cm³/mol. The van der Waals surface area contributed by atoms with Gasteiger partial charge < -0.3 is 15.1 Å². The number of likely N-dealkylation sites (tertiary alicyclic amines) is 1. The molecule has 4 heteroatoms. The van der Waals surface area contributed by atoms with Gasteiger partial charge in [0.15, 0.2) is 0 Å². The lowest BCUT2D eigenvalue weighted by Crippen LogP contribution is -2.50. The molecule has 1 amide bonds. The summed E-state index contributed by atoms with van der Waals surface area (Å²) in [5, 5.41) is 3.62. The summed E-state index contributed by atoms with van der Waals surface area (Å²) in [5.74, 6) is 1.09. The summed E-state index contributed by atoms with van der Waals surface area (Å²) in [6.07, 6.45) is 8.59. The first kappa shape index (κ1) is 14.3. The van der Waals surface area contributed by atoms with Crippen LogP contribution >= 0.6 is 0 Å². The first-order valence-electron chi connectivity index (χ1n) is 8.36. The zero-order valence-electron chi connectivity index (χ0n) is 13.0. The molecule has 20 heavy (non-hydrogen) atoms. The molecule has 3 rings (SSSR count). The Morgan fingerprint density at radius 1 is 1.15 bits per heavy atom. The van der Waals surface area contributed by atoms with Crippen molar-refractivity contribution < 1.29 is 4.79 Å². The van der Waals surface area contributed by atoms with Crippen molar-refractivity contribution in [2.45, 2.75) is 63.1 Å². The van der Waals surface area contributed by atoms with E-state index in [0.29, 0.717) is 18.0 Å². The summed E-state index contributed by atoms with van der Waals surface area (Å²) in [7, 11) is 4.18. The maximum Gasteiger partial charge on any atom is 0.239 e. The van der Waals surface area contributed by atoms with Gasteiger partial charge in [-0.15, -0.1) is 0 Å². The molecule has 0 aromatic rings. The summed E-state index contributed by atoms with van der Waals surface area (Å²) >= 11 is 0. The second-order valence-electron chi connectivity index (χ2n) is 7.09. The van der Waals surface area contributed by atoms with Crippen molar-refractivity contribution in [1.29, 1.82) is 0 Å². The molecule has 2 aliphatic heterocycles. The predicted octanol–water partition coefficient (Wildman–Crippen LogP) is 1.46. The van der Waals surface area contributed by atoms with E-state index in [2.05, 4.69) is 17.3 Å². The van der Waals surface area contributed by atoms with Gasteiger partial charge in [0.25, 0.3) is 0 Å². The lowest BCUT2D eigenvalue weighted by atomic mass is 9.85. The van der Waals surface area contributed by atoms with Crippen LogP contribution in [-0.4, -0.2) is 61.0 Å². The molecule has 0 radical (unpaired) electrons. The molecule has 0 spiro atoms. The van der Waals surface area contributed by atoms with Crippen molar-refractivity contribution in [3.63, 3.8) is 0 Å². The Hall–Kier alpha value is -0.610. The van der Waals surface area contributed by atoms with Crippen molar-refractivity contribution in [2.75, 3.05) is 27.2 Å². The number of carbonyl (C=O) groups excluding carboxylic acids is 1. The van der Waals surface area contributed by atoms with Crippen LogP contribution in [0.1, 0.15) is 44.9 Å². The molecule has 2 saturated heterocycles. The monoisotopic (exact) mass is 279 g/mol. The Labute approximate surface area is 122 Å². The number of hydrogen-bond donors (Lipinski definition) is 1. The van der Waals surface area contributed by atoms with E-state index in [-0.39, 0.29) is 6.04 Å². The van der Waals surface area contributed by atoms with Gasteiger partial charge in [0.1, 0.15) is 0 Å². The van der Waals surface area contributed by atoms with Gasteiger partial charge in [-0.3, -0.25) is 4.79 Å². The highest BCUT2D eigenvalue weighted by Crippen LogP contribution is 2.34. The van der Waals surface area contributed by atoms with E-state index in [1.807, 2.05) is 11.9 Å². The molecule has 2 heterocycles. The highest BCUT2D eigenvalue weighted by molar-refractivity contribution is 5.82. The number of nitrogens with one attached hydrogen (secondary N) is 1. The molecule has 3 fully saturated rings. The molecule has 1 N–H and O–H groups in total. The van der Waals surface area contributed by atoms with Crippen LogP contribution in [0, 0.1) is 5.92 Å². The average molecular weight is 279 g/mol. The maximum atomic E-state index is 12.7. The maximum absolute atomic E-state index is 12.7. The van der Waals surface area contributed by atoms with Gasteiger partial charge in [0.2, 0.25) is 5.91 Å². The van der Waals surface area contributed by atoms with E-state index in [1.54, 1.807) is 0 Å². The topological polar surface area (TPSA) is 35.6 Å². The van der Waals surface area contributed by atoms with E-state index >= 15 is 0 Å². The van der Waals surface area contributed by atoms with Gasteiger partial charge in [-0.2, -0.15) is 0 Å². The normalized spacial score (nSPS) is 35.8. The number of rotatable bonds is 2. The zero-order valence-corrected chi connectivity index (χ0v) is 13.0. The minimum atomic E-state index is 0.0905. The summed E-state index contributed by atoms with van der Waals surface area (Å²) in [4.78, 5) is 17.1. The van der Waals surface area contributed by atoms with Crippen LogP contribution in [0.15, 0.2) is 0 Å². The minimum absolute atomic E-state index is 0.0905. The van der Waals surface area contributed by atoms with E-state index < -0.39 is 0 Å². The fraction of sp³-hybridized carbons (Fsp3) is 0.938. The standard InChI is InChI=1S/C16H29N3O/c1-18-9-7-13(8-10-18)19(2)16(20)15-11-12-5-3-4-6-14(12)17-15/h12-15,17H,3-11H2,1-2H3. The first-order valence-corrected chi connectivity index (χ1v) is 8.36. The SMILES string of the molecule is CN1CCC(N(C)C(=O)C2CC3CCCCC3N2)CC1. The van der Waals surface area contributed by atoms with Crippen molar-refractivity contribution in [1.82, 2.24) is 15.1 Å². The molecule has 3 unspecified atom stereocenters. The molecule has 3 aliphatic rings. The molecule has 0 aromatic carbocycles. The van der Waals surface area contributed by atoms with Crippen LogP contribution < -0.4 is 5.32 Å². The van der Waals surface area contributed by atoms with Gasteiger partial charge >= 0.3 is 0 Å². The Kier molecular flexibility index (Phi) is 4.32. The third-order valence-electron chi connectivity index (χ3n) is 5.74. The first-order chi connectivity index (χ1) is 9.65. The van der Waals surface area contributed by atoms with Crippen LogP contribution in [0.25, 0.3) is 0 Å². The number of likely N-dealkylation sites (N-methyl/N-ethyl adjacent to an activating group) is 1. The van der Waals surface area contributed by atoms with Crippen LogP contribution in [-0.2, 0) is 4.79 Å². The van der Waals surface area contributed by atoms with Crippen molar-refractivity contribution >= 4 is 5.91 Å². The molecule has 1 saturated carbocycles. The molecule has 114 valence electrons. The summed E-state index contributed by atoms with van der Waals surface area (Å²) in [6.45, 7) is 2.23. The molecule has 0 bridgehead atoms. The summed E-state index contributed by atoms with van der Waals surface area (Å²) in [5.41, 5.74) is 0. The molecular formula is C16H29N3O. The summed E-state index contributed by atoms with van der Waals surface area (Å²) < 4.78 is 0. The van der Waals surface area contributed by atoms with Gasteiger partial charge in [-0.25, -0.2) is 0 Å². The molecule has 0 aromatic heterocycles. The van der Waals surface area contributed by atoms with Crippen LogP contribution in [0.4, 0.5) is 0 Å². The van der Waals surface area contributed by atoms with E-state index in [9.17, 15) is 4.79 Å². The second-order valence-corrected chi connectivity index (χ2v) is 7.09. The number of nitrogens with zero attached hydrogens (tertiary/aromatic N) is 2. The van der Waals surface area contributed by atoms with E-state index in [4.69, 9.17) is 0 Å². The zero-order chi connectivity index (χ0) is 14.1. The van der Waals surface area contributed by atoms with Gasteiger partial charge in [0.05, 0.1) is 6.04 Å². The number of fused-ring (bicyclic) bond motifs is 1. The smallest absolute Gasteiger partial charge is 0.239 e. The highest BCUT2D eigenvalue weighted by Gasteiger charge is 2.40. The third kappa shape index (κ3) is 2.86. The molecule has 1 aliphatic carbocycles. The number of hydrogen-bond acceptors (Lipinski definition) is 3. The van der Waals surface area contributed by atoms with E-state index in [1.165, 1.54) is 25.7 Å². The summed E-state index contributed by atoms with van der Waals surface area (Å²) in [6, 6.07) is 1.15. The van der Waals surface area contributed by atoms with Gasteiger partial charge in [-0.05, 0) is 58.2 Å². The molecular weight excluding hydrogens is 250 g/mol. The van der Waals surface area contributed by atoms with Crippen molar-refractivity contribution in [3.8, 4) is 0 Å². The van der Waals surface area contributed by atoms with Crippen LogP contribution in [0.3, 0.4) is 0 Å². The van der Waals surface area contributed by atoms with Crippen LogP contribution in [0.2, 0.25) is 0 Å². The van der Waals surface area contributed by atoms with Crippen LogP contribution in [0.5, 0.6) is 0 Å². The van der Waals surface area contributed by atoms with Crippen molar-refractivity contribution in [2.24, 2.45) is 5.92 Å². The fourth-order valence-corrected chi connectivity index (χ4v) is 4.32. The van der Waals surface area contributed by atoms with E-state index in [0.717, 1.165) is 38.3 Å².